The summed E-state index contributed by atoms with van der Waals surface area (Å²) in [6.45, 7) is 0. The summed E-state index contributed by atoms with van der Waals surface area (Å²) < 4.78 is 15.5. The summed E-state index contributed by atoms with van der Waals surface area (Å²) in [5.74, 6) is 3.18. The molecule has 2 aromatic rings. The lowest BCUT2D eigenvalue weighted by molar-refractivity contribution is 0.390. The van der Waals surface area contributed by atoms with Crippen LogP contribution in [0.25, 0.3) is 11.4 Å². The second-order valence-electron chi connectivity index (χ2n) is 3.76. The lowest BCUT2D eigenvalue weighted by Gasteiger charge is -2.05. The van der Waals surface area contributed by atoms with Crippen LogP contribution in [0.5, 0.6) is 11.5 Å². The Bertz CT molecular complexity index is 599. The Balaban J connectivity index is 2.21. The van der Waals surface area contributed by atoms with Crippen LogP contribution in [-0.4, -0.2) is 30.1 Å². The number of nitriles is 1. The quantitative estimate of drug-likeness (QED) is 0.756. The number of hydrogen-bond donors (Lipinski definition) is 0. The molecule has 0 aliphatic heterocycles. The van der Waals surface area contributed by atoms with E-state index in [1.165, 1.54) is 11.8 Å². The van der Waals surface area contributed by atoms with Crippen molar-refractivity contribution in [1.82, 2.24) is 10.1 Å². The van der Waals surface area contributed by atoms with E-state index in [1.54, 1.807) is 32.4 Å². The first-order valence-corrected chi connectivity index (χ1v) is 6.93. The largest absolute Gasteiger partial charge is 0.497 e. The fourth-order valence-electron chi connectivity index (χ4n) is 1.55. The van der Waals surface area contributed by atoms with Crippen molar-refractivity contribution in [2.75, 3.05) is 20.0 Å². The smallest absolute Gasteiger partial charge is 0.236 e. The van der Waals surface area contributed by atoms with E-state index in [0.29, 0.717) is 34.7 Å². The average Bonchev–Trinajstić information content (AvgIpc) is 2.96. The van der Waals surface area contributed by atoms with Crippen molar-refractivity contribution in [2.24, 2.45) is 0 Å². The van der Waals surface area contributed by atoms with Crippen LogP contribution in [0.15, 0.2) is 22.7 Å². The van der Waals surface area contributed by atoms with Crippen LogP contribution in [-0.2, 0) is 5.75 Å². The van der Waals surface area contributed by atoms with Crippen LogP contribution in [0.4, 0.5) is 0 Å². The Morgan fingerprint density at radius 2 is 1.95 bits per heavy atom. The molecule has 1 heterocycles. The van der Waals surface area contributed by atoms with Gasteiger partial charge in [0.2, 0.25) is 11.7 Å². The first-order chi connectivity index (χ1) is 9.76. The molecule has 0 amide bonds. The Kier molecular flexibility index (Phi) is 4.85. The van der Waals surface area contributed by atoms with Gasteiger partial charge in [0, 0.05) is 11.6 Å². The minimum atomic E-state index is 0.394. The van der Waals surface area contributed by atoms with Gasteiger partial charge in [0.05, 0.1) is 31.8 Å². The molecular weight excluding hydrogens is 278 g/mol. The summed E-state index contributed by atoms with van der Waals surface area (Å²) in [6, 6.07) is 7.43. The number of aromatic nitrogens is 2. The van der Waals surface area contributed by atoms with Crippen LogP contribution >= 0.6 is 11.8 Å². The summed E-state index contributed by atoms with van der Waals surface area (Å²) in [5, 5.41) is 12.4. The number of ether oxygens (including phenoxy) is 2. The molecule has 0 atom stereocenters. The summed E-state index contributed by atoms with van der Waals surface area (Å²) in [7, 11) is 3.16. The van der Waals surface area contributed by atoms with Gasteiger partial charge in [-0.15, -0.1) is 11.8 Å². The van der Waals surface area contributed by atoms with Crippen molar-refractivity contribution in [3.63, 3.8) is 0 Å². The van der Waals surface area contributed by atoms with Gasteiger partial charge in [-0.2, -0.15) is 10.2 Å². The van der Waals surface area contributed by atoms with E-state index < -0.39 is 0 Å². The minimum absolute atomic E-state index is 0.394. The molecule has 0 N–H and O–H groups in total. The number of nitrogens with zero attached hydrogens (tertiary/aromatic N) is 3. The van der Waals surface area contributed by atoms with E-state index in [2.05, 4.69) is 10.1 Å². The van der Waals surface area contributed by atoms with Crippen molar-refractivity contribution >= 4 is 11.8 Å². The summed E-state index contributed by atoms with van der Waals surface area (Å²) in [5.41, 5.74) is 0.751. The molecule has 1 aromatic carbocycles. The fraction of sp³-hybridized carbons (Fsp3) is 0.308. The van der Waals surface area contributed by atoms with E-state index in [9.17, 15) is 0 Å². The second kappa shape index (κ2) is 6.82. The van der Waals surface area contributed by atoms with Crippen molar-refractivity contribution in [1.29, 1.82) is 5.26 Å². The van der Waals surface area contributed by atoms with Gasteiger partial charge in [0.1, 0.15) is 11.5 Å². The molecule has 0 saturated heterocycles. The van der Waals surface area contributed by atoms with Crippen LogP contribution in [0, 0.1) is 11.3 Å². The monoisotopic (exact) mass is 291 g/mol. The highest BCUT2D eigenvalue weighted by atomic mass is 32.2. The minimum Gasteiger partial charge on any atom is -0.497 e. The molecule has 1 aromatic heterocycles. The van der Waals surface area contributed by atoms with Crippen molar-refractivity contribution in [3.05, 3.63) is 24.1 Å². The highest BCUT2D eigenvalue weighted by molar-refractivity contribution is 7.98. The van der Waals surface area contributed by atoms with Gasteiger partial charge in [-0.3, -0.25) is 0 Å². The maximum Gasteiger partial charge on any atom is 0.236 e. The van der Waals surface area contributed by atoms with Crippen LogP contribution in [0.3, 0.4) is 0 Å². The van der Waals surface area contributed by atoms with Crippen molar-refractivity contribution < 1.29 is 14.0 Å². The van der Waals surface area contributed by atoms with Gasteiger partial charge < -0.3 is 14.0 Å². The molecule has 0 aliphatic carbocycles. The average molecular weight is 291 g/mol. The van der Waals surface area contributed by atoms with E-state index in [4.69, 9.17) is 19.3 Å². The third kappa shape index (κ3) is 3.42. The number of thioether (sulfide) groups is 1. The zero-order valence-corrected chi connectivity index (χ0v) is 11.9. The van der Waals surface area contributed by atoms with Crippen LogP contribution < -0.4 is 9.47 Å². The SMILES string of the molecule is COc1cc(OC)cc(-c2noc(CSCC#N)n2)c1. The molecule has 7 heteroatoms. The van der Waals surface area contributed by atoms with Gasteiger partial charge in [-0.25, -0.2) is 0 Å². The molecule has 0 fully saturated rings. The lowest BCUT2D eigenvalue weighted by Crippen LogP contribution is -1.90. The van der Waals surface area contributed by atoms with Crippen molar-refractivity contribution in [2.45, 2.75) is 5.75 Å². The first-order valence-electron chi connectivity index (χ1n) is 5.77. The standard InChI is InChI=1S/C13H13N3O3S/c1-17-10-5-9(6-11(7-10)18-2)13-15-12(19-16-13)8-20-4-3-14/h5-7H,4,8H2,1-2H3. The Morgan fingerprint density at radius 1 is 1.25 bits per heavy atom. The van der Waals surface area contributed by atoms with E-state index >= 15 is 0 Å². The second-order valence-corrected chi connectivity index (χ2v) is 4.75. The molecular formula is C13H13N3O3S. The van der Waals surface area contributed by atoms with E-state index in [1.807, 2.05) is 6.07 Å². The number of methoxy groups -OCH3 is 2. The Morgan fingerprint density at radius 3 is 2.55 bits per heavy atom. The Hall–Kier alpha value is -2.20. The highest BCUT2D eigenvalue weighted by Gasteiger charge is 2.11. The number of hydrogen-bond acceptors (Lipinski definition) is 7. The predicted octanol–water partition coefficient (Wildman–Crippen LogP) is 2.51. The molecule has 104 valence electrons. The summed E-state index contributed by atoms with van der Waals surface area (Å²) >= 11 is 1.42. The third-order valence-corrected chi connectivity index (χ3v) is 3.25. The fourth-order valence-corrected chi connectivity index (χ4v) is 2.04. The third-order valence-electron chi connectivity index (χ3n) is 2.47. The maximum absolute atomic E-state index is 8.48. The normalized spacial score (nSPS) is 10.1. The van der Waals surface area contributed by atoms with Gasteiger partial charge >= 0.3 is 0 Å². The van der Waals surface area contributed by atoms with Gasteiger partial charge in [-0.05, 0) is 12.1 Å². The first kappa shape index (κ1) is 14.2. The van der Waals surface area contributed by atoms with E-state index in [0.717, 1.165) is 5.56 Å². The molecule has 0 bridgehead atoms. The molecule has 2 rings (SSSR count). The zero-order chi connectivity index (χ0) is 14.4. The lowest BCUT2D eigenvalue weighted by atomic mass is 10.2. The number of rotatable bonds is 6. The van der Waals surface area contributed by atoms with Gasteiger partial charge in [0.15, 0.2) is 0 Å². The van der Waals surface area contributed by atoms with Gasteiger partial charge in [0.25, 0.3) is 0 Å². The molecule has 0 aliphatic rings. The number of benzene rings is 1. The maximum atomic E-state index is 8.48. The van der Waals surface area contributed by atoms with Crippen molar-refractivity contribution in [3.8, 4) is 29.0 Å². The molecule has 0 unspecified atom stereocenters. The zero-order valence-electron chi connectivity index (χ0n) is 11.1. The van der Waals surface area contributed by atoms with Gasteiger partial charge in [-0.1, -0.05) is 5.16 Å². The molecule has 0 saturated carbocycles. The predicted molar refractivity (Wildman–Crippen MR) is 74.6 cm³/mol. The van der Waals surface area contributed by atoms with E-state index in [-0.39, 0.29) is 0 Å². The van der Waals surface area contributed by atoms with Crippen LogP contribution in [0.2, 0.25) is 0 Å². The molecule has 0 radical (unpaired) electrons. The Labute approximate surface area is 120 Å². The topological polar surface area (TPSA) is 81.2 Å². The molecule has 6 nitrogen and oxygen atoms in total. The molecule has 20 heavy (non-hydrogen) atoms. The summed E-state index contributed by atoms with van der Waals surface area (Å²) in [6.07, 6.45) is 0. The van der Waals surface area contributed by atoms with Crippen LogP contribution in [0.1, 0.15) is 5.89 Å². The highest BCUT2D eigenvalue weighted by Crippen LogP contribution is 2.28. The molecule has 0 spiro atoms. The summed E-state index contributed by atoms with van der Waals surface area (Å²) in [4.78, 5) is 4.28.